The van der Waals surface area contributed by atoms with Crippen LogP contribution in [0.5, 0.6) is 0 Å². The van der Waals surface area contributed by atoms with Gasteiger partial charge in [-0.25, -0.2) is 0 Å². The second kappa shape index (κ2) is 12.2. The lowest BCUT2D eigenvalue weighted by molar-refractivity contribution is -0.138. The lowest BCUT2D eigenvalue weighted by Crippen LogP contribution is -2.44. The van der Waals surface area contributed by atoms with E-state index in [4.69, 9.17) is 16.7 Å². The van der Waals surface area contributed by atoms with Gasteiger partial charge in [0.05, 0.1) is 22.9 Å². The Labute approximate surface area is 247 Å². The molecule has 6 nitrogen and oxygen atoms in total. The van der Waals surface area contributed by atoms with Crippen LogP contribution in [0.2, 0.25) is 5.02 Å². The van der Waals surface area contributed by atoms with Crippen LogP contribution in [-0.4, -0.2) is 34.3 Å². The molecule has 1 unspecified atom stereocenters. The van der Waals surface area contributed by atoms with Crippen molar-refractivity contribution in [2.45, 2.75) is 44.4 Å². The molecule has 1 N–H and O–H groups in total. The Kier molecular flexibility index (Phi) is 9.09. The molecule has 0 fully saturated rings. The molecule has 0 radical (unpaired) electrons. The molecule has 0 saturated carbocycles. The molecule has 1 aliphatic rings. The summed E-state index contributed by atoms with van der Waals surface area (Å²) in [5.74, 6) is -1.91. The highest BCUT2D eigenvalue weighted by Gasteiger charge is 2.43. The van der Waals surface area contributed by atoms with Gasteiger partial charge in [0.1, 0.15) is 6.04 Å². The third-order valence-corrected chi connectivity index (χ3v) is 7.76. The topological polar surface area (TPSA) is 77.9 Å². The highest BCUT2D eigenvalue weighted by atomic mass is 127. The van der Waals surface area contributed by atoms with Crippen molar-refractivity contribution in [1.29, 1.82) is 0 Å². The van der Waals surface area contributed by atoms with Crippen molar-refractivity contribution in [2.75, 3.05) is 11.4 Å². The first kappa shape index (κ1) is 29.9. The summed E-state index contributed by atoms with van der Waals surface area (Å²) in [6.07, 6.45) is -3.99. The monoisotopic (exact) mass is 684 g/mol. The molecular weight excluding hydrogens is 660 g/mol. The van der Waals surface area contributed by atoms with Crippen LogP contribution in [0.3, 0.4) is 0 Å². The first-order valence-corrected chi connectivity index (χ1v) is 13.9. The molecule has 3 aromatic rings. The number of halogens is 5. The van der Waals surface area contributed by atoms with Gasteiger partial charge in [-0.1, -0.05) is 35.9 Å². The minimum atomic E-state index is -4.57. The summed E-state index contributed by atoms with van der Waals surface area (Å²) in [6, 6.07) is 14.2. The smallest absolute Gasteiger partial charge is 0.416 e. The number of alkyl halides is 3. The molecule has 4 rings (SSSR count). The van der Waals surface area contributed by atoms with E-state index >= 15 is 0 Å². The number of anilines is 1. The lowest BCUT2D eigenvalue weighted by Gasteiger charge is -2.36. The quantitative estimate of drug-likeness (QED) is 0.197. The summed E-state index contributed by atoms with van der Waals surface area (Å²) in [4.78, 5) is 42.5. The van der Waals surface area contributed by atoms with Crippen molar-refractivity contribution < 1.29 is 32.7 Å². The number of fused-ring (bicyclic) bond motifs is 1. The Balaban J connectivity index is 1.87. The van der Waals surface area contributed by atoms with Crippen molar-refractivity contribution in [3.8, 4) is 0 Å². The number of carboxylic acids is 1. The van der Waals surface area contributed by atoms with Gasteiger partial charge in [-0.05, 0) is 95.9 Å². The van der Waals surface area contributed by atoms with Crippen LogP contribution in [0.25, 0.3) is 0 Å². The number of benzene rings is 3. The van der Waals surface area contributed by atoms with Crippen molar-refractivity contribution in [3.63, 3.8) is 0 Å². The van der Waals surface area contributed by atoms with Crippen LogP contribution in [0.1, 0.15) is 65.3 Å². The molecule has 2 amide bonds. The minimum absolute atomic E-state index is 0.0808. The van der Waals surface area contributed by atoms with Gasteiger partial charge in [0.2, 0.25) is 0 Å². The molecule has 11 heteroatoms. The van der Waals surface area contributed by atoms with Crippen molar-refractivity contribution in [3.05, 3.63) is 97.6 Å². The van der Waals surface area contributed by atoms with E-state index in [1.54, 1.807) is 49.4 Å². The number of amides is 2. The number of rotatable bonds is 8. The summed E-state index contributed by atoms with van der Waals surface area (Å²) >= 11 is 8.14. The summed E-state index contributed by atoms with van der Waals surface area (Å²) in [6.45, 7) is 1.88. The zero-order valence-corrected chi connectivity index (χ0v) is 24.2. The van der Waals surface area contributed by atoms with E-state index in [1.807, 2.05) is 0 Å². The number of nitrogens with zero attached hydrogens (tertiary/aromatic N) is 2. The molecule has 0 aromatic heterocycles. The van der Waals surface area contributed by atoms with Gasteiger partial charge in [-0.15, -0.1) is 0 Å². The van der Waals surface area contributed by atoms with Crippen LogP contribution >= 0.6 is 34.2 Å². The maximum Gasteiger partial charge on any atom is 0.416 e. The Morgan fingerprint density at radius 2 is 1.68 bits per heavy atom. The molecule has 2 atom stereocenters. The molecule has 3 aromatic carbocycles. The third-order valence-electron chi connectivity index (χ3n) is 6.84. The van der Waals surface area contributed by atoms with Gasteiger partial charge in [-0.2, -0.15) is 13.2 Å². The zero-order chi connectivity index (χ0) is 29.2. The summed E-state index contributed by atoms with van der Waals surface area (Å²) in [5, 5.41) is 9.53. The van der Waals surface area contributed by atoms with Crippen LogP contribution in [0, 0.1) is 3.57 Å². The normalized spacial score (nSPS) is 16.5. The number of carboxylic acid groups (broad SMARTS) is 1. The summed E-state index contributed by atoms with van der Waals surface area (Å²) < 4.78 is 40.8. The second-order valence-corrected chi connectivity index (χ2v) is 11.1. The molecule has 1 heterocycles. The molecule has 40 heavy (non-hydrogen) atoms. The fourth-order valence-electron chi connectivity index (χ4n) is 4.79. The van der Waals surface area contributed by atoms with E-state index < -0.39 is 41.6 Å². The number of unbranched alkanes of at least 4 members (excludes halogenated alkanes) is 1. The maximum atomic E-state index is 14.3. The van der Waals surface area contributed by atoms with E-state index in [0.29, 0.717) is 29.1 Å². The number of carbonyl (C=O) groups excluding carboxylic acids is 2. The third kappa shape index (κ3) is 6.43. The number of aliphatic carboxylic acids is 1. The SMILES string of the molecule is CC(c1ccc(Cl)cc1)N1C(=O)c2cc(I)ccc2N(CCCCC(=O)O)C(=O)[C@@H]1c1ccc(C(F)(F)F)cc1. The largest absolute Gasteiger partial charge is 0.481 e. The Hall–Kier alpha value is -3.12. The van der Waals surface area contributed by atoms with Crippen LogP contribution in [0.15, 0.2) is 66.7 Å². The molecule has 210 valence electrons. The van der Waals surface area contributed by atoms with E-state index in [-0.39, 0.29) is 24.1 Å². The average Bonchev–Trinajstić information content (AvgIpc) is 2.99. The number of hydrogen-bond acceptors (Lipinski definition) is 3. The molecule has 1 aliphatic heterocycles. The van der Waals surface area contributed by atoms with E-state index in [2.05, 4.69) is 22.6 Å². The van der Waals surface area contributed by atoms with Gasteiger partial charge >= 0.3 is 12.1 Å². The Morgan fingerprint density at radius 1 is 1.02 bits per heavy atom. The Morgan fingerprint density at radius 3 is 2.27 bits per heavy atom. The van der Waals surface area contributed by atoms with E-state index in [0.717, 1.165) is 15.7 Å². The van der Waals surface area contributed by atoms with Crippen molar-refractivity contribution in [1.82, 2.24) is 4.90 Å². The number of carbonyl (C=O) groups is 3. The first-order chi connectivity index (χ1) is 18.9. The lowest BCUT2D eigenvalue weighted by atomic mass is 9.97. The summed E-state index contributed by atoms with van der Waals surface area (Å²) in [5.41, 5.74) is 0.682. The first-order valence-electron chi connectivity index (χ1n) is 12.5. The molecule has 0 saturated heterocycles. The fraction of sp³-hybridized carbons (Fsp3) is 0.276. The highest BCUT2D eigenvalue weighted by molar-refractivity contribution is 14.1. The van der Waals surface area contributed by atoms with Gasteiger partial charge in [-0.3, -0.25) is 14.4 Å². The van der Waals surface area contributed by atoms with Crippen LogP contribution < -0.4 is 4.90 Å². The number of hydrogen-bond donors (Lipinski definition) is 1. The van der Waals surface area contributed by atoms with Gasteiger partial charge in [0, 0.05) is 21.6 Å². The minimum Gasteiger partial charge on any atom is -0.481 e. The predicted molar refractivity (Wildman–Crippen MR) is 153 cm³/mol. The van der Waals surface area contributed by atoms with E-state index in [1.165, 1.54) is 21.9 Å². The second-order valence-electron chi connectivity index (χ2n) is 9.46. The molecule has 0 aliphatic carbocycles. The fourth-order valence-corrected chi connectivity index (χ4v) is 5.41. The molecule has 0 spiro atoms. The predicted octanol–water partition coefficient (Wildman–Crippen LogP) is 7.51. The zero-order valence-electron chi connectivity index (χ0n) is 21.3. The van der Waals surface area contributed by atoms with Crippen LogP contribution in [0.4, 0.5) is 18.9 Å². The summed E-state index contributed by atoms with van der Waals surface area (Å²) in [7, 11) is 0. The molecule has 0 bridgehead atoms. The van der Waals surface area contributed by atoms with Crippen molar-refractivity contribution >= 4 is 57.7 Å². The van der Waals surface area contributed by atoms with Gasteiger partial charge in [0.15, 0.2) is 0 Å². The molecular formula is C29H25ClF3IN2O4. The van der Waals surface area contributed by atoms with E-state index in [9.17, 15) is 27.6 Å². The Bertz CT molecular complexity index is 1410. The van der Waals surface area contributed by atoms with Gasteiger partial charge < -0.3 is 14.9 Å². The maximum absolute atomic E-state index is 14.3. The highest BCUT2D eigenvalue weighted by Crippen LogP contribution is 2.41. The average molecular weight is 685 g/mol. The van der Waals surface area contributed by atoms with Crippen molar-refractivity contribution in [2.24, 2.45) is 0 Å². The van der Waals surface area contributed by atoms with Gasteiger partial charge in [0.25, 0.3) is 11.8 Å². The van der Waals surface area contributed by atoms with Crippen LogP contribution in [-0.2, 0) is 15.8 Å². The standard InChI is InChI=1S/C29H25ClF3IN2O4/c1-17(18-7-11-21(30)12-8-18)36-26(19-5-9-20(10-6-19)29(31,32)33)28(40)35(15-3-2-4-25(37)38)24-14-13-22(34)16-23(24)27(36)39/h5-14,16-17,26H,2-4,15H2,1H3,(H,37,38)/t17?,26-/m0/s1.